The lowest BCUT2D eigenvalue weighted by molar-refractivity contribution is -0.144. The number of imidazole rings is 1. The summed E-state index contributed by atoms with van der Waals surface area (Å²) in [6.45, 7) is 12.5. The normalized spacial score (nSPS) is 14.4. The van der Waals surface area contributed by atoms with Gasteiger partial charge in [0.15, 0.2) is 0 Å². The number of aromatic amines is 1. The highest BCUT2D eigenvalue weighted by Crippen LogP contribution is 2.18. The Labute approximate surface area is 815 Å². The molecule has 0 unspecified atom stereocenters. The molecule has 1 aromatic heterocycles. The van der Waals surface area contributed by atoms with Crippen molar-refractivity contribution in [1.29, 1.82) is 0 Å². The number of amides is 22. The van der Waals surface area contributed by atoms with Crippen molar-refractivity contribution >= 4 is 142 Å². The van der Waals surface area contributed by atoms with Gasteiger partial charge >= 0.3 is 11.9 Å². The Morgan fingerprint density at radius 1 is 0.338 bits per heavy atom. The van der Waals surface area contributed by atoms with E-state index in [4.69, 9.17) is 28.0 Å². The lowest BCUT2D eigenvalue weighted by Crippen LogP contribution is -2.62. The average molecular weight is 2010 g/mol. The standard InChI is InChI=1S/C88H133N25O29/c1-13-44(10)73(87(140)106-55(24-27-61(92)119)80(133)111-72(43(8)9)88(141)142)112-79(132)54(23-26-60(91)118)102-64(122)35-94-63(121)34-97-77(130)53(22-25-59(90)117)105-85(138)69(40(2)3)108-67(125)38-99-83(136)74(46(12)114)113-86(139)71(42(6)7)110-81(134)57(29-48-16-20-51(116)21-17-48)107-75(128)45(11)101-84(137)70(41(4)5)109-82(135)58(30-49-32-93-39-100-49)104-66(124)37-98-78(131)56(28-47-14-18-50(115)19-15-47)103-65(123)36-95-62(120)33-96-76(129)52(89)31-68(126)127/h14-21,32,39-46,52-58,69-74,114-116H,13,22-31,33-38,89H2,1-12H3,(H2,90,117)(H2,91,118)(H2,92,119)(H,93,100)(H,94,121)(H,95,120)(H,96,129)(H,97,130)(H,98,131)(H,99,136)(H,101,137)(H,102,122)(H,103,123)(H,104,124)(H,105,138)(H,106,140)(H,107,128)(H,108,125)(H,109,135)(H,110,134)(H,111,133)(H,112,132)(H,113,139)(H,126,127)(H,141,142)/t44-,45-,46+,52-,53-,54-,55-,56-,57-,58-,69-,70-,71-,72-,73-,74-/m0/s1. The van der Waals surface area contributed by atoms with Crippen LogP contribution in [-0.4, -0.2) is 307 Å². The third-order valence-electron chi connectivity index (χ3n) is 21.5. The Bertz CT molecular complexity index is 4920. The number of nitrogens with two attached hydrogens (primary N) is 4. The van der Waals surface area contributed by atoms with E-state index in [1.807, 2.05) is 0 Å². The van der Waals surface area contributed by atoms with E-state index >= 15 is 0 Å². The number of carbonyl (C=O) groups is 24. The number of phenolic OH excluding ortho intramolecular Hbond substituents is 2. The minimum absolute atomic E-state index is 0.135. The molecule has 0 radical (unpaired) electrons. The Morgan fingerprint density at radius 3 is 1.06 bits per heavy atom. The lowest BCUT2D eigenvalue weighted by atomic mass is 9.96. The zero-order chi connectivity index (χ0) is 107. The van der Waals surface area contributed by atoms with E-state index in [0.717, 1.165) is 6.92 Å². The molecule has 0 bridgehead atoms. The summed E-state index contributed by atoms with van der Waals surface area (Å²) in [5.74, 6) is -28.8. The van der Waals surface area contributed by atoms with E-state index < -0.39 is 340 Å². The molecule has 1 heterocycles. The highest BCUT2D eigenvalue weighted by atomic mass is 16.4. The monoisotopic (exact) mass is 2000 g/mol. The summed E-state index contributed by atoms with van der Waals surface area (Å²) in [5, 5.41) is 94.6. The van der Waals surface area contributed by atoms with E-state index in [9.17, 15) is 135 Å². The molecule has 784 valence electrons. The van der Waals surface area contributed by atoms with Gasteiger partial charge in [-0.2, -0.15) is 0 Å². The second kappa shape index (κ2) is 60.3. The number of nitrogens with zero attached hydrogens (tertiary/aromatic N) is 1. The Kier molecular flexibility index (Phi) is 51.2. The number of aliphatic hydroxyl groups is 1. The molecule has 22 amide bonds. The molecule has 0 saturated heterocycles. The zero-order valence-corrected chi connectivity index (χ0v) is 80.6. The van der Waals surface area contributed by atoms with Crippen molar-refractivity contribution < 1.29 is 141 Å². The van der Waals surface area contributed by atoms with Crippen LogP contribution in [0.15, 0.2) is 61.1 Å². The molecule has 0 fully saturated rings. The number of nitrogens with one attached hydrogen (secondary N) is 20. The van der Waals surface area contributed by atoms with Gasteiger partial charge in [0.05, 0.1) is 64.2 Å². The summed E-state index contributed by atoms with van der Waals surface area (Å²) in [4.78, 5) is 325. The van der Waals surface area contributed by atoms with Gasteiger partial charge < -0.3 is 154 Å². The van der Waals surface area contributed by atoms with Crippen LogP contribution in [0.2, 0.25) is 0 Å². The number of benzene rings is 2. The van der Waals surface area contributed by atoms with Crippen LogP contribution < -0.4 is 124 Å². The van der Waals surface area contributed by atoms with Crippen molar-refractivity contribution in [2.75, 3.05) is 39.3 Å². The molecule has 33 N–H and O–H groups in total. The number of carbonyl (C=O) groups excluding carboxylic acids is 22. The number of hydrogen-bond acceptors (Lipinski definition) is 29. The average Bonchev–Trinajstić information content (AvgIpc) is 0.859. The smallest absolute Gasteiger partial charge is 0.326 e. The molecule has 0 spiro atoms. The first-order valence-corrected chi connectivity index (χ1v) is 45.3. The van der Waals surface area contributed by atoms with Gasteiger partial charge in [-0.3, -0.25) is 110 Å². The summed E-state index contributed by atoms with van der Waals surface area (Å²) in [6, 6.07) is -10.9. The third-order valence-corrected chi connectivity index (χ3v) is 21.5. The first kappa shape index (κ1) is 121. The highest BCUT2D eigenvalue weighted by molar-refractivity contribution is 6.02. The summed E-state index contributed by atoms with van der Waals surface area (Å²) in [5.41, 5.74) is 22.6. The van der Waals surface area contributed by atoms with Gasteiger partial charge in [0.2, 0.25) is 130 Å². The molecule has 54 heteroatoms. The maximum atomic E-state index is 14.6. The van der Waals surface area contributed by atoms with Gasteiger partial charge in [-0.1, -0.05) is 99.9 Å². The van der Waals surface area contributed by atoms with Crippen LogP contribution in [0.5, 0.6) is 11.5 Å². The van der Waals surface area contributed by atoms with Gasteiger partial charge in [0, 0.05) is 50.4 Å². The van der Waals surface area contributed by atoms with Crippen molar-refractivity contribution in [2.45, 2.75) is 244 Å². The molecule has 2 aromatic carbocycles. The van der Waals surface area contributed by atoms with E-state index in [-0.39, 0.29) is 43.6 Å². The number of aliphatic hydroxyl groups excluding tert-OH is 1. The molecule has 3 aromatic rings. The number of carboxylic acid groups (broad SMARTS) is 2. The number of phenols is 2. The molecule has 16 atom stereocenters. The second-order valence-electron chi connectivity index (χ2n) is 34.9. The van der Waals surface area contributed by atoms with Crippen molar-refractivity contribution in [2.24, 2.45) is 52.5 Å². The number of hydrogen-bond donors (Lipinski definition) is 29. The third kappa shape index (κ3) is 44.5. The van der Waals surface area contributed by atoms with Crippen LogP contribution in [0.1, 0.15) is 151 Å². The summed E-state index contributed by atoms with van der Waals surface area (Å²) in [6.07, 6.45) is -3.28. The van der Waals surface area contributed by atoms with Crippen LogP contribution in [-0.2, 0) is 134 Å². The van der Waals surface area contributed by atoms with Crippen LogP contribution in [0, 0.1) is 29.6 Å². The molecular weight excluding hydrogens is 1870 g/mol. The van der Waals surface area contributed by atoms with Crippen molar-refractivity contribution in [1.82, 2.24) is 111 Å². The van der Waals surface area contributed by atoms with E-state index in [0.29, 0.717) is 16.8 Å². The molecule has 3 rings (SSSR count). The topological polar surface area (TPSA) is 872 Å². The van der Waals surface area contributed by atoms with Gasteiger partial charge in [-0.15, -0.1) is 0 Å². The molecule has 0 aliphatic carbocycles. The molecule has 54 nitrogen and oxygen atoms in total. The molecular formula is C88H133N25O29. The van der Waals surface area contributed by atoms with Crippen molar-refractivity contribution in [3.63, 3.8) is 0 Å². The number of aromatic nitrogens is 2. The first-order chi connectivity index (χ1) is 66.5. The van der Waals surface area contributed by atoms with Crippen LogP contribution >= 0.6 is 0 Å². The molecule has 0 saturated carbocycles. The fourth-order valence-electron chi connectivity index (χ4n) is 13.2. The minimum Gasteiger partial charge on any atom is -0.508 e. The predicted molar refractivity (Wildman–Crippen MR) is 498 cm³/mol. The van der Waals surface area contributed by atoms with Crippen LogP contribution in [0.25, 0.3) is 0 Å². The summed E-state index contributed by atoms with van der Waals surface area (Å²) >= 11 is 0. The first-order valence-electron chi connectivity index (χ1n) is 45.3. The molecule has 0 aliphatic heterocycles. The molecule has 0 aliphatic rings. The van der Waals surface area contributed by atoms with Crippen molar-refractivity contribution in [3.05, 3.63) is 77.9 Å². The number of primary amides is 3. The SMILES string of the molecule is CC[C@H](C)[C@H](NC(=O)[C@H](CCC(N)=O)NC(=O)CNC(=O)CNC(=O)[C@H](CCC(N)=O)NC(=O)[C@@H](NC(=O)CNC(=O)[C@@H](NC(=O)[C@@H](NC(=O)[C@H](Cc1ccc(O)cc1)NC(=O)[C@H](C)NC(=O)[C@@H](NC(=O)[C@H](Cc1cnc[nH]1)NC(=O)CNC(=O)[C@H](Cc1ccc(O)cc1)NC(=O)CNC(=O)CNC(=O)[C@@H](N)CC(=O)O)C(C)C)C(C)C)[C@@H](C)O)C(C)C)C(=O)N[C@@H](CCC(N)=O)C(=O)N[C@H](C(=O)O)C(C)C. The fraction of sp³-hybridized carbons (Fsp3) is 0.557. The lowest BCUT2D eigenvalue weighted by Gasteiger charge is -2.29. The fourth-order valence-corrected chi connectivity index (χ4v) is 13.2. The quantitative estimate of drug-likeness (QED) is 0.0249. The Hall–Kier alpha value is -15.5. The van der Waals surface area contributed by atoms with Gasteiger partial charge in [-0.25, -0.2) is 9.78 Å². The second-order valence-corrected chi connectivity index (χ2v) is 34.9. The number of aliphatic carboxylic acids is 2. The number of carboxylic acids is 2. The highest BCUT2D eigenvalue weighted by Gasteiger charge is 2.40. The van der Waals surface area contributed by atoms with Gasteiger partial charge in [0.1, 0.15) is 90.0 Å². The Balaban J connectivity index is 1.73. The minimum atomic E-state index is -1.88. The number of aromatic hydroxyl groups is 2. The maximum absolute atomic E-state index is 14.6. The van der Waals surface area contributed by atoms with E-state index in [1.54, 1.807) is 13.8 Å². The van der Waals surface area contributed by atoms with Crippen LogP contribution in [0.4, 0.5) is 0 Å². The Morgan fingerprint density at radius 2 is 0.655 bits per heavy atom. The largest absolute Gasteiger partial charge is 0.508 e. The summed E-state index contributed by atoms with van der Waals surface area (Å²) < 4.78 is 0. The van der Waals surface area contributed by atoms with E-state index in [1.165, 1.54) is 123 Å². The van der Waals surface area contributed by atoms with Gasteiger partial charge in [0.25, 0.3) is 0 Å². The predicted octanol–water partition coefficient (Wildman–Crippen LogP) is -10.4. The maximum Gasteiger partial charge on any atom is 0.326 e. The van der Waals surface area contributed by atoms with Gasteiger partial charge in [-0.05, 0) is 98.1 Å². The van der Waals surface area contributed by atoms with Crippen molar-refractivity contribution in [3.8, 4) is 11.5 Å². The number of rotatable bonds is 63. The number of H-pyrrole nitrogens is 1. The van der Waals surface area contributed by atoms with Crippen LogP contribution in [0.3, 0.4) is 0 Å². The van der Waals surface area contributed by atoms with E-state index in [2.05, 4.69) is 111 Å². The summed E-state index contributed by atoms with van der Waals surface area (Å²) in [7, 11) is 0. The zero-order valence-electron chi connectivity index (χ0n) is 80.6. The molecule has 142 heavy (non-hydrogen) atoms.